The van der Waals surface area contributed by atoms with Gasteiger partial charge in [0.05, 0.1) is 11.9 Å². The highest BCUT2D eigenvalue weighted by Gasteiger charge is 2.28. The number of anilines is 1. The summed E-state index contributed by atoms with van der Waals surface area (Å²) >= 11 is 6.00. The maximum atomic E-state index is 13.4. The average molecular weight is 536 g/mol. The van der Waals surface area contributed by atoms with E-state index in [1.807, 2.05) is 65.0 Å². The van der Waals surface area contributed by atoms with E-state index in [4.69, 9.17) is 11.6 Å². The molecule has 0 radical (unpaired) electrons. The van der Waals surface area contributed by atoms with Crippen molar-refractivity contribution in [1.29, 1.82) is 0 Å². The van der Waals surface area contributed by atoms with Gasteiger partial charge in [0, 0.05) is 30.1 Å². The van der Waals surface area contributed by atoms with E-state index in [1.54, 1.807) is 19.1 Å². The van der Waals surface area contributed by atoms with Crippen LogP contribution in [0.4, 0.5) is 5.69 Å². The van der Waals surface area contributed by atoms with Crippen molar-refractivity contribution in [2.45, 2.75) is 72.5 Å². The fourth-order valence-corrected chi connectivity index (χ4v) is 4.95. The maximum Gasteiger partial charge on any atom is 0.242 e. The molecule has 36 heavy (non-hydrogen) atoms. The van der Waals surface area contributed by atoms with Crippen molar-refractivity contribution in [1.82, 2.24) is 10.2 Å². The molecule has 2 aromatic rings. The van der Waals surface area contributed by atoms with Crippen LogP contribution in [0.3, 0.4) is 0 Å². The van der Waals surface area contributed by atoms with Crippen molar-refractivity contribution < 1.29 is 18.0 Å². The molecule has 0 aliphatic carbocycles. The molecule has 2 amide bonds. The third-order valence-corrected chi connectivity index (χ3v) is 7.15. The molecular weight excluding hydrogens is 498 g/mol. The number of nitrogens with one attached hydrogen (secondary N) is 1. The fraction of sp³-hybridized carbons (Fsp3) is 0.481. The van der Waals surface area contributed by atoms with E-state index < -0.39 is 21.6 Å². The Morgan fingerprint density at radius 2 is 1.67 bits per heavy atom. The van der Waals surface area contributed by atoms with E-state index in [0.29, 0.717) is 17.1 Å². The van der Waals surface area contributed by atoms with Gasteiger partial charge in [0.1, 0.15) is 6.04 Å². The van der Waals surface area contributed by atoms with E-state index >= 15 is 0 Å². The smallest absolute Gasteiger partial charge is 0.242 e. The van der Waals surface area contributed by atoms with Crippen LogP contribution < -0.4 is 9.62 Å². The summed E-state index contributed by atoms with van der Waals surface area (Å²) in [5.74, 6) is -0.478. The molecule has 1 atom stereocenters. The van der Waals surface area contributed by atoms with Gasteiger partial charge in [-0.15, -0.1) is 0 Å². The van der Waals surface area contributed by atoms with Crippen LogP contribution in [0, 0.1) is 13.8 Å². The summed E-state index contributed by atoms with van der Waals surface area (Å²) in [7, 11) is -3.55. The van der Waals surface area contributed by atoms with E-state index in [1.165, 1.54) is 15.5 Å². The standard InChI is InChI=1S/C27H38ClN3O4S/c1-19-10-11-20(2)24(17-19)31(36(7,34)35)16-8-9-25(32)30(18-22-12-14-23(28)15-13-22)21(3)26(33)29-27(4,5)6/h10-15,17,21H,8-9,16,18H2,1-7H3,(H,29,33)/t21-/m1/s1. The number of amides is 2. The Morgan fingerprint density at radius 1 is 1.06 bits per heavy atom. The van der Waals surface area contributed by atoms with Crippen LogP contribution in [0.1, 0.15) is 57.2 Å². The van der Waals surface area contributed by atoms with E-state index in [0.717, 1.165) is 16.7 Å². The second-order valence-corrected chi connectivity index (χ2v) is 12.6. The third kappa shape index (κ3) is 8.82. The summed E-state index contributed by atoms with van der Waals surface area (Å²) in [6.07, 6.45) is 1.57. The fourth-order valence-electron chi connectivity index (χ4n) is 3.81. The highest BCUT2D eigenvalue weighted by Crippen LogP contribution is 2.25. The zero-order valence-electron chi connectivity index (χ0n) is 22.3. The van der Waals surface area contributed by atoms with Crippen LogP contribution in [0.2, 0.25) is 5.02 Å². The first-order valence-electron chi connectivity index (χ1n) is 12.0. The Labute approximate surface area is 220 Å². The second kappa shape index (κ2) is 12.1. The Balaban J connectivity index is 2.22. The van der Waals surface area contributed by atoms with Crippen LogP contribution in [-0.2, 0) is 26.2 Å². The summed E-state index contributed by atoms with van der Waals surface area (Å²) in [5, 5.41) is 3.52. The van der Waals surface area contributed by atoms with Crippen molar-refractivity contribution >= 4 is 39.1 Å². The summed E-state index contributed by atoms with van der Waals surface area (Å²) < 4.78 is 26.5. The Bertz CT molecular complexity index is 1170. The SMILES string of the molecule is Cc1ccc(C)c(N(CCCC(=O)N(Cc2ccc(Cl)cc2)[C@H](C)C(=O)NC(C)(C)C)S(C)(=O)=O)c1. The number of carbonyl (C=O) groups excluding carboxylic acids is 2. The monoisotopic (exact) mass is 535 g/mol. The van der Waals surface area contributed by atoms with Gasteiger partial charge in [-0.3, -0.25) is 13.9 Å². The lowest BCUT2D eigenvalue weighted by atomic mass is 10.1. The second-order valence-electron chi connectivity index (χ2n) is 10.3. The molecule has 9 heteroatoms. The number of carbonyl (C=O) groups is 2. The summed E-state index contributed by atoms with van der Waals surface area (Å²) in [6, 6.07) is 12.1. The number of benzene rings is 2. The van der Waals surface area contributed by atoms with Gasteiger partial charge in [0.25, 0.3) is 0 Å². The first-order chi connectivity index (χ1) is 16.6. The van der Waals surface area contributed by atoms with E-state index in [9.17, 15) is 18.0 Å². The van der Waals surface area contributed by atoms with Gasteiger partial charge in [0.15, 0.2) is 0 Å². The minimum atomic E-state index is -3.55. The predicted octanol–water partition coefficient (Wildman–Crippen LogP) is 4.84. The van der Waals surface area contributed by atoms with Crippen molar-refractivity contribution in [3.8, 4) is 0 Å². The molecule has 0 unspecified atom stereocenters. The van der Waals surface area contributed by atoms with Gasteiger partial charge < -0.3 is 10.2 Å². The molecule has 0 spiro atoms. The molecule has 2 aromatic carbocycles. The van der Waals surface area contributed by atoms with Crippen molar-refractivity contribution in [3.63, 3.8) is 0 Å². The highest BCUT2D eigenvalue weighted by molar-refractivity contribution is 7.92. The molecule has 2 rings (SSSR count). The Hall–Kier alpha value is -2.58. The van der Waals surface area contributed by atoms with Crippen molar-refractivity contribution in [2.24, 2.45) is 0 Å². The average Bonchev–Trinajstić information content (AvgIpc) is 2.75. The molecule has 0 aromatic heterocycles. The largest absolute Gasteiger partial charge is 0.350 e. The van der Waals surface area contributed by atoms with Gasteiger partial charge in [0.2, 0.25) is 21.8 Å². The predicted molar refractivity (Wildman–Crippen MR) is 147 cm³/mol. The van der Waals surface area contributed by atoms with Gasteiger partial charge >= 0.3 is 0 Å². The zero-order chi connectivity index (χ0) is 27.3. The lowest BCUT2D eigenvalue weighted by molar-refractivity contribution is -0.141. The minimum Gasteiger partial charge on any atom is -0.350 e. The van der Waals surface area contributed by atoms with Crippen LogP contribution in [-0.4, -0.2) is 49.5 Å². The van der Waals surface area contributed by atoms with Gasteiger partial charge in [-0.2, -0.15) is 0 Å². The normalized spacial score (nSPS) is 12.7. The van der Waals surface area contributed by atoms with Crippen molar-refractivity contribution in [2.75, 3.05) is 17.1 Å². The number of hydrogen-bond donors (Lipinski definition) is 1. The number of hydrogen-bond acceptors (Lipinski definition) is 4. The summed E-state index contributed by atoms with van der Waals surface area (Å²) in [6.45, 7) is 11.5. The van der Waals surface area contributed by atoms with Crippen LogP contribution in [0.15, 0.2) is 42.5 Å². The lowest BCUT2D eigenvalue weighted by Gasteiger charge is -2.32. The number of aryl methyl sites for hydroxylation is 2. The van der Waals surface area contributed by atoms with Crippen LogP contribution >= 0.6 is 11.6 Å². The topological polar surface area (TPSA) is 86.8 Å². The first-order valence-corrected chi connectivity index (χ1v) is 14.2. The van der Waals surface area contributed by atoms with E-state index in [-0.39, 0.29) is 31.3 Å². The molecule has 0 heterocycles. The van der Waals surface area contributed by atoms with Crippen LogP contribution in [0.25, 0.3) is 0 Å². The lowest BCUT2D eigenvalue weighted by Crippen LogP contribution is -2.52. The molecular formula is C27H38ClN3O4S. The summed E-state index contributed by atoms with van der Waals surface area (Å²) in [4.78, 5) is 27.8. The van der Waals surface area contributed by atoms with Crippen molar-refractivity contribution in [3.05, 3.63) is 64.2 Å². The molecule has 0 aliphatic heterocycles. The Morgan fingerprint density at radius 3 is 2.22 bits per heavy atom. The number of halogens is 1. The summed E-state index contributed by atoms with van der Waals surface area (Å²) in [5.41, 5.74) is 2.81. The van der Waals surface area contributed by atoms with Gasteiger partial charge in [-0.05, 0) is 82.9 Å². The third-order valence-electron chi connectivity index (χ3n) is 5.72. The quantitative estimate of drug-likeness (QED) is 0.472. The van der Waals surface area contributed by atoms with Gasteiger partial charge in [-0.1, -0.05) is 35.9 Å². The molecule has 1 N–H and O–H groups in total. The molecule has 198 valence electrons. The molecule has 0 saturated heterocycles. The molecule has 0 bridgehead atoms. The maximum absolute atomic E-state index is 13.4. The molecule has 0 saturated carbocycles. The first kappa shape index (κ1) is 29.6. The van der Waals surface area contributed by atoms with E-state index in [2.05, 4.69) is 5.32 Å². The molecule has 7 nitrogen and oxygen atoms in total. The van der Waals surface area contributed by atoms with Gasteiger partial charge in [-0.25, -0.2) is 8.42 Å². The minimum absolute atomic E-state index is 0.0949. The molecule has 0 fully saturated rings. The molecule has 0 aliphatic rings. The highest BCUT2D eigenvalue weighted by atomic mass is 35.5. The number of rotatable bonds is 10. The zero-order valence-corrected chi connectivity index (χ0v) is 23.8. The number of sulfonamides is 1. The number of nitrogens with zero attached hydrogens (tertiary/aromatic N) is 2. The van der Waals surface area contributed by atoms with Crippen LogP contribution in [0.5, 0.6) is 0 Å². The Kier molecular flexibility index (Phi) is 9.97.